The molecule has 2 nitrogen and oxygen atoms in total. The maximum Gasteiger partial charge on any atom is 0.270 e. The van der Waals surface area contributed by atoms with Crippen LogP contribution in [-0.2, 0) is 0 Å². The fourth-order valence-electron chi connectivity index (χ4n) is 0.651. The van der Waals surface area contributed by atoms with Gasteiger partial charge in [-0.1, -0.05) is 0 Å². The molecule has 64 valence electrons. The largest absolute Gasteiger partial charge is 0.274 e. The van der Waals surface area contributed by atoms with Gasteiger partial charge in [0, 0.05) is 11.8 Å². The predicted molar refractivity (Wildman–Crippen MR) is 39.4 cm³/mol. The molecule has 0 unspecified atom stereocenters. The van der Waals surface area contributed by atoms with Crippen LogP contribution in [0.1, 0.15) is 22.5 Å². The zero-order valence-electron chi connectivity index (χ0n) is 5.80. The van der Waals surface area contributed by atoms with E-state index < -0.39 is 11.7 Å². The van der Waals surface area contributed by atoms with Gasteiger partial charge in [-0.05, 0) is 23.7 Å². The molecule has 0 bridgehead atoms. The molecule has 1 aromatic rings. The minimum atomic E-state index is -2.57. The van der Waals surface area contributed by atoms with Crippen LogP contribution < -0.4 is 0 Å². The van der Waals surface area contributed by atoms with E-state index >= 15 is 0 Å². The molecule has 0 aromatic carbocycles. The third kappa shape index (κ3) is 1.98. The number of carbonyl (C=O) groups is 1. The smallest absolute Gasteiger partial charge is 0.270 e. The number of pyridine rings is 1. The average molecular weight is 192 g/mol. The lowest BCUT2D eigenvalue weighted by atomic mass is 10.2. The van der Waals surface area contributed by atoms with Gasteiger partial charge in [-0.3, -0.25) is 9.78 Å². The first-order valence-electron chi connectivity index (χ1n) is 3.05. The van der Waals surface area contributed by atoms with Gasteiger partial charge >= 0.3 is 0 Å². The molecule has 12 heavy (non-hydrogen) atoms. The van der Waals surface area contributed by atoms with Gasteiger partial charge in [-0.25, -0.2) is 8.78 Å². The van der Waals surface area contributed by atoms with Crippen molar-refractivity contribution in [3.63, 3.8) is 0 Å². The van der Waals surface area contributed by atoms with E-state index in [4.69, 9.17) is 11.6 Å². The molecule has 0 saturated heterocycles. The normalized spacial score (nSPS) is 10.3. The highest BCUT2D eigenvalue weighted by Gasteiger charge is 2.08. The summed E-state index contributed by atoms with van der Waals surface area (Å²) in [5.74, 6) is 0. The van der Waals surface area contributed by atoms with Crippen molar-refractivity contribution in [2.45, 2.75) is 6.43 Å². The third-order valence-corrected chi connectivity index (χ3v) is 1.43. The van der Waals surface area contributed by atoms with E-state index in [9.17, 15) is 13.6 Å². The lowest BCUT2D eigenvalue weighted by Crippen LogP contribution is -1.94. The van der Waals surface area contributed by atoms with E-state index in [2.05, 4.69) is 4.98 Å². The summed E-state index contributed by atoms with van der Waals surface area (Å²) < 4.78 is 23.9. The fraction of sp³-hybridized carbons (Fsp3) is 0.143. The topological polar surface area (TPSA) is 30.0 Å². The summed E-state index contributed by atoms with van der Waals surface area (Å²) in [6, 6.07) is 2.28. The molecule has 0 amide bonds. The minimum absolute atomic E-state index is 0.0268. The maximum absolute atomic E-state index is 11.9. The molecular formula is C7H4ClF2NO. The van der Waals surface area contributed by atoms with Crippen LogP contribution in [0, 0.1) is 0 Å². The first kappa shape index (κ1) is 9.06. The molecule has 1 heterocycles. The Kier molecular flexibility index (Phi) is 2.70. The first-order chi connectivity index (χ1) is 5.61. The number of alkyl halides is 2. The molecule has 0 radical (unpaired) electrons. The van der Waals surface area contributed by atoms with E-state index in [-0.39, 0.29) is 11.3 Å². The van der Waals surface area contributed by atoms with Gasteiger partial charge in [0.15, 0.2) is 0 Å². The van der Waals surface area contributed by atoms with E-state index in [1.807, 2.05) is 0 Å². The molecule has 0 spiro atoms. The molecule has 0 fully saturated rings. The van der Waals surface area contributed by atoms with Crippen molar-refractivity contribution in [3.8, 4) is 0 Å². The lowest BCUT2D eigenvalue weighted by molar-refractivity contribution is 0.107. The SMILES string of the molecule is O=C(Cl)c1ccc(C(F)F)cn1. The Morgan fingerprint density at radius 1 is 1.50 bits per heavy atom. The first-order valence-corrected chi connectivity index (χ1v) is 3.43. The average Bonchev–Trinajstić information content (AvgIpc) is 2.04. The van der Waals surface area contributed by atoms with E-state index in [1.165, 1.54) is 0 Å². The molecule has 1 rings (SSSR count). The van der Waals surface area contributed by atoms with Crippen LogP contribution in [0.15, 0.2) is 18.3 Å². The number of aromatic nitrogens is 1. The molecule has 0 N–H and O–H groups in total. The Labute approximate surface area is 72.2 Å². The Morgan fingerprint density at radius 3 is 2.50 bits per heavy atom. The zero-order chi connectivity index (χ0) is 9.14. The lowest BCUT2D eigenvalue weighted by Gasteiger charge is -1.97. The third-order valence-electron chi connectivity index (χ3n) is 1.24. The summed E-state index contributed by atoms with van der Waals surface area (Å²) in [7, 11) is 0. The minimum Gasteiger partial charge on any atom is -0.274 e. The summed E-state index contributed by atoms with van der Waals surface area (Å²) in [5.41, 5.74) is -0.252. The standard InChI is InChI=1S/C7H4ClF2NO/c8-6(12)5-2-1-4(3-11-5)7(9)10/h1-3,7H. The maximum atomic E-state index is 11.9. The number of hydrogen-bond donors (Lipinski definition) is 0. The van der Waals surface area contributed by atoms with Crippen LogP contribution in [0.3, 0.4) is 0 Å². The highest BCUT2D eigenvalue weighted by Crippen LogP contribution is 2.17. The molecule has 0 aliphatic heterocycles. The molecule has 0 atom stereocenters. The Balaban J connectivity index is 2.93. The molecular weight excluding hydrogens is 188 g/mol. The Morgan fingerprint density at radius 2 is 2.17 bits per heavy atom. The second-order valence-corrected chi connectivity index (χ2v) is 2.39. The van der Waals surface area contributed by atoms with Crippen molar-refractivity contribution in [1.29, 1.82) is 0 Å². The summed E-state index contributed by atoms with van der Waals surface area (Å²) in [5, 5.41) is -0.754. The van der Waals surface area contributed by atoms with Crippen LogP contribution in [0.25, 0.3) is 0 Å². The van der Waals surface area contributed by atoms with Gasteiger partial charge in [0.1, 0.15) is 5.69 Å². The predicted octanol–water partition coefficient (Wildman–Crippen LogP) is 2.40. The number of hydrogen-bond acceptors (Lipinski definition) is 2. The Bertz CT molecular complexity index is 286. The van der Waals surface area contributed by atoms with E-state index in [0.29, 0.717) is 0 Å². The molecule has 0 aliphatic rings. The van der Waals surface area contributed by atoms with Crippen LogP contribution in [0.5, 0.6) is 0 Å². The summed E-state index contributed by atoms with van der Waals surface area (Å²) in [6.07, 6.45) is -1.64. The number of carbonyl (C=O) groups excluding carboxylic acids is 1. The van der Waals surface area contributed by atoms with E-state index in [1.54, 1.807) is 0 Å². The van der Waals surface area contributed by atoms with Crippen LogP contribution >= 0.6 is 11.6 Å². The van der Waals surface area contributed by atoms with Crippen molar-refractivity contribution >= 4 is 16.8 Å². The monoisotopic (exact) mass is 191 g/mol. The second-order valence-electron chi connectivity index (χ2n) is 2.05. The van der Waals surface area contributed by atoms with Gasteiger partial charge in [-0.15, -0.1) is 0 Å². The van der Waals surface area contributed by atoms with Gasteiger partial charge < -0.3 is 0 Å². The fourth-order valence-corrected chi connectivity index (χ4v) is 0.762. The number of nitrogens with zero attached hydrogens (tertiary/aromatic N) is 1. The van der Waals surface area contributed by atoms with Crippen LogP contribution in [0.4, 0.5) is 8.78 Å². The zero-order valence-corrected chi connectivity index (χ0v) is 6.55. The van der Waals surface area contributed by atoms with Crippen molar-refractivity contribution in [3.05, 3.63) is 29.6 Å². The van der Waals surface area contributed by atoms with Gasteiger partial charge in [-0.2, -0.15) is 0 Å². The summed E-state index contributed by atoms with van der Waals surface area (Å²) in [6.45, 7) is 0. The van der Waals surface area contributed by atoms with Crippen molar-refractivity contribution in [2.75, 3.05) is 0 Å². The number of halogens is 3. The van der Waals surface area contributed by atoms with Crippen molar-refractivity contribution in [1.82, 2.24) is 4.98 Å². The molecule has 1 aromatic heterocycles. The highest BCUT2D eigenvalue weighted by atomic mass is 35.5. The molecule has 5 heteroatoms. The molecule has 0 aliphatic carbocycles. The van der Waals surface area contributed by atoms with Crippen molar-refractivity contribution < 1.29 is 13.6 Å². The second kappa shape index (κ2) is 3.58. The summed E-state index contributed by atoms with van der Waals surface area (Å²) >= 11 is 5.05. The van der Waals surface area contributed by atoms with Crippen molar-refractivity contribution in [2.24, 2.45) is 0 Å². The van der Waals surface area contributed by atoms with Gasteiger partial charge in [0.05, 0.1) is 0 Å². The van der Waals surface area contributed by atoms with Crippen LogP contribution in [0.2, 0.25) is 0 Å². The Hall–Kier alpha value is -1.03. The quantitative estimate of drug-likeness (QED) is 0.672. The van der Waals surface area contributed by atoms with Crippen LogP contribution in [-0.4, -0.2) is 10.2 Å². The van der Waals surface area contributed by atoms with Gasteiger partial charge in [0.25, 0.3) is 11.7 Å². The summed E-state index contributed by atoms with van der Waals surface area (Å²) in [4.78, 5) is 13.9. The molecule has 0 saturated carbocycles. The number of rotatable bonds is 2. The van der Waals surface area contributed by atoms with Gasteiger partial charge in [0.2, 0.25) is 0 Å². The highest BCUT2D eigenvalue weighted by molar-refractivity contribution is 6.67. The van der Waals surface area contributed by atoms with E-state index in [0.717, 1.165) is 18.3 Å².